The zero-order valence-corrected chi connectivity index (χ0v) is 11.6. The van der Waals surface area contributed by atoms with Gasteiger partial charge in [-0.05, 0) is 64.4 Å². The van der Waals surface area contributed by atoms with Crippen LogP contribution in [0.3, 0.4) is 0 Å². The van der Waals surface area contributed by atoms with Gasteiger partial charge in [-0.1, -0.05) is 24.3 Å². The molecule has 0 aromatic heterocycles. The topological polar surface area (TPSA) is 26.0 Å². The Kier molecular flexibility index (Phi) is 3.79. The van der Waals surface area contributed by atoms with E-state index in [2.05, 4.69) is 22.6 Å². The van der Waals surface area contributed by atoms with Crippen molar-refractivity contribution < 1.29 is 4.39 Å². The van der Waals surface area contributed by atoms with Crippen LogP contribution in [0.5, 0.6) is 0 Å². The molecule has 1 atom stereocenters. The van der Waals surface area contributed by atoms with Crippen LogP contribution in [0.2, 0.25) is 0 Å². The first kappa shape index (κ1) is 12.5. The molecule has 2 aromatic carbocycles. The summed E-state index contributed by atoms with van der Waals surface area (Å²) in [6, 6.07) is 12.5. The summed E-state index contributed by atoms with van der Waals surface area (Å²) in [5.41, 5.74) is 9.17. The molecule has 0 fully saturated rings. The second kappa shape index (κ2) is 5.14. The molecular weight excluding hydrogens is 328 g/mol. The van der Waals surface area contributed by atoms with Crippen molar-refractivity contribution in [2.24, 2.45) is 5.73 Å². The molecule has 0 amide bonds. The van der Waals surface area contributed by atoms with E-state index < -0.39 is 0 Å². The zero-order chi connectivity index (χ0) is 12.4. The van der Waals surface area contributed by atoms with Crippen LogP contribution < -0.4 is 5.73 Å². The lowest BCUT2D eigenvalue weighted by atomic mass is 9.96. The molecule has 0 aliphatic carbocycles. The number of aryl methyl sites for hydroxylation is 1. The predicted octanol–water partition coefficient (Wildman–Crippen LogP) is 3.79. The average Bonchev–Trinajstić information content (AvgIpc) is 2.29. The van der Waals surface area contributed by atoms with Crippen molar-refractivity contribution in [1.29, 1.82) is 0 Å². The lowest BCUT2D eigenvalue weighted by Crippen LogP contribution is -2.14. The first-order valence-corrected chi connectivity index (χ1v) is 6.43. The smallest absolute Gasteiger partial charge is 0.123 e. The second-order valence-electron chi connectivity index (χ2n) is 4.00. The van der Waals surface area contributed by atoms with Crippen LogP contribution in [-0.2, 0) is 0 Å². The van der Waals surface area contributed by atoms with Gasteiger partial charge in [0.15, 0.2) is 0 Å². The molecule has 0 saturated carbocycles. The molecule has 0 aliphatic rings. The predicted molar refractivity (Wildman–Crippen MR) is 76.3 cm³/mol. The van der Waals surface area contributed by atoms with E-state index in [0.29, 0.717) is 0 Å². The van der Waals surface area contributed by atoms with E-state index in [1.165, 1.54) is 12.1 Å². The molecule has 1 unspecified atom stereocenters. The fourth-order valence-electron chi connectivity index (χ4n) is 1.88. The maximum absolute atomic E-state index is 13.1. The van der Waals surface area contributed by atoms with Crippen LogP contribution in [0.15, 0.2) is 42.5 Å². The first-order valence-electron chi connectivity index (χ1n) is 5.35. The van der Waals surface area contributed by atoms with E-state index in [1.807, 2.05) is 31.2 Å². The average molecular weight is 341 g/mol. The van der Waals surface area contributed by atoms with Crippen molar-refractivity contribution in [2.75, 3.05) is 0 Å². The third-order valence-electron chi connectivity index (χ3n) is 2.81. The lowest BCUT2D eigenvalue weighted by molar-refractivity contribution is 0.624. The highest BCUT2D eigenvalue weighted by molar-refractivity contribution is 14.1. The first-order chi connectivity index (χ1) is 8.09. The Morgan fingerprint density at radius 2 is 1.82 bits per heavy atom. The van der Waals surface area contributed by atoms with Crippen molar-refractivity contribution in [3.8, 4) is 0 Å². The van der Waals surface area contributed by atoms with E-state index in [0.717, 1.165) is 20.3 Å². The van der Waals surface area contributed by atoms with Crippen molar-refractivity contribution in [3.63, 3.8) is 0 Å². The van der Waals surface area contributed by atoms with Gasteiger partial charge < -0.3 is 5.73 Å². The van der Waals surface area contributed by atoms with Gasteiger partial charge in [0.1, 0.15) is 5.82 Å². The highest BCUT2D eigenvalue weighted by Gasteiger charge is 2.13. The van der Waals surface area contributed by atoms with Gasteiger partial charge in [-0.15, -0.1) is 0 Å². The maximum Gasteiger partial charge on any atom is 0.123 e. The molecule has 88 valence electrons. The van der Waals surface area contributed by atoms with Crippen molar-refractivity contribution in [3.05, 3.63) is 68.5 Å². The molecule has 17 heavy (non-hydrogen) atoms. The number of hydrogen-bond donors (Lipinski definition) is 1. The minimum atomic E-state index is -0.221. The third-order valence-corrected chi connectivity index (χ3v) is 3.79. The van der Waals surface area contributed by atoms with Gasteiger partial charge >= 0.3 is 0 Å². The Labute approximate surface area is 114 Å². The van der Waals surface area contributed by atoms with Crippen LogP contribution in [0, 0.1) is 16.3 Å². The van der Waals surface area contributed by atoms with Gasteiger partial charge in [0.25, 0.3) is 0 Å². The van der Waals surface area contributed by atoms with Gasteiger partial charge in [-0.2, -0.15) is 0 Å². The van der Waals surface area contributed by atoms with Crippen LogP contribution in [0.1, 0.15) is 22.7 Å². The summed E-state index contributed by atoms with van der Waals surface area (Å²) in [5, 5.41) is 0. The largest absolute Gasteiger partial charge is 0.320 e. The van der Waals surface area contributed by atoms with Gasteiger partial charge in [0.05, 0.1) is 6.04 Å². The Bertz CT molecular complexity index is 539. The number of rotatable bonds is 2. The summed E-state index contributed by atoms with van der Waals surface area (Å²) in [5.74, 6) is -0.221. The highest BCUT2D eigenvalue weighted by Crippen LogP contribution is 2.26. The lowest BCUT2D eigenvalue weighted by Gasteiger charge is -2.16. The Morgan fingerprint density at radius 1 is 1.12 bits per heavy atom. The molecule has 0 saturated heterocycles. The standard InChI is InChI=1S/C14H13FIN/c1-9-8-10(15)6-7-11(9)14(17)12-4-2-3-5-13(12)16/h2-8,14H,17H2,1H3. The summed E-state index contributed by atoms with van der Waals surface area (Å²) in [6.07, 6.45) is 0. The summed E-state index contributed by atoms with van der Waals surface area (Å²) in [4.78, 5) is 0. The van der Waals surface area contributed by atoms with Crippen molar-refractivity contribution in [1.82, 2.24) is 0 Å². The Morgan fingerprint density at radius 3 is 2.47 bits per heavy atom. The molecular formula is C14H13FIN. The molecule has 1 nitrogen and oxygen atoms in total. The summed E-state index contributed by atoms with van der Waals surface area (Å²) in [6.45, 7) is 1.88. The summed E-state index contributed by atoms with van der Waals surface area (Å²) < 4.78 is 14.2. The highest BCUT2D eigenvalue weighted by atomic mass is 127. The molecule has 2 N–H and O–H groups in total. The van der Waals surface area contributed by atoms with Gasteiger partial charge in [0.2, 0.25) is 0 Å². The Balaban J connectivity index is 2.44. The van der Waals surface area contributed by atoms with E-state index in [1.54, 1.807) is 6.07 Å². The fraction of sp³-hybridized carbons (Fsp3) is 0.143. The van der Waals surface area contributed by atoms with Crippen molar-refractivity contribution in [2.45, 2.75) is 13.0 Å². The van der Waals surface area contributed by atoms with Gasteiger partial charge in [-0.3, -0.25) is 0 Å². The molecule has 0 spiro atoms. The second-order valence-corrected chi connectivity index (χ2v) is 5.16. The van der Waals surface area contributed by atoms with Gasteiger partial charge in [0, 0.05) is 3.57 Å². The van der Waals surface area contributed by atoms with E-state index in [-0.39, 0.29) is 11.9 Å². The quantitative estimate of drug-likeness (QED) is 0.827. The van der Waals surface area contributed by atoms with E-state index in [9.17, 15) is 4.39 Å². The van der Waals surface area contributed by atoms with Crippen LogP contribution >= 0.6 is 22.6 Å². The Hall–Kier alpha value is -0.940. The molecule has 0 radical (unpaired) electrons. The summed E-state index contributed by atoms with van der Waals surface area (Å²) >= 11 is 2.27. The van der Waals surface area contributed by atoms with Crippen LogP contribution in [0.4, 0.5) is 4.39 Å². The molecule has 0 bridgehead atoms. The van der Waals surface area contributed by atoms with E-state index >= 15 is 0 Å². The summed E-state index contributed by atoms with van der Waals surface area (Å²) in [7, 11) is 0. The third kappa shape index (κ3) is 2.66. The molecule has 2 aromatic rings. The molecule has 2 rings (SSSR count). The van der Waals surface area contributed by atoms with Crippen molar-refractivity contribution >= 4 is 22.6 Å². The number of hydrogen-bond acceptors (Lipinski definition) is 1. The number of benzene rings is 2. The molecule has 0 aliphatic heterocycles. The zero-order valence-electron chi connectivity index (χ0n) is 9.45. The fourth-order valence-corrected chi connectivity index (χ4v) is 2.61. The SMILES string of the molecule is Cc1cc(F)ccc1C(N)c1ccccc1I. The number of halogens is 2. The monoisotopic (exact) mass is 341 g/mol. The van der Waals surface area contributed by atoms with E-state index in [4.69, 9.17) is 5.73 Å². The number of nitrogens with two attached hydrogens (primary N) is 1. The van der Waals surface area contributed by atoms with Crippen LogP contribution in [-0.4, -0.2) is 0 Å². The minimum Gasteiger partial charge on any atom is -0.320 e. The molecule has 0 heterocycles. The maximum atomic E-state index is 13.1. The normalized spacial score (nSPS) is 12.5. The molecule has 3 heteroatoms. The van der Waals surface area contributed by atoms with Gasteiger partial charge in [-0.25, -0.2) is 4.39 Å². The van der Waals surface area contributed by atoms with Crippen LogP contribution in [0.25, 0.3) is 0 Å². The minimum absolute atomic E-state index is 0.205.